The minimum absolute atomic E-state index is 0.0499. The summed E-state index contributed by atoms with van der Waals surface area (Å²) >= 11 is 1.42. The van der Waals surface area contributed by atoms with Crippen molar-refractivity contribution in [1.29, 1.82) is 0 Å². The molecular formula is C23H28N2O2S. The van der Waals surface area contributed by atoms with Crippen molar-refractivity contribution in [2.24, 2.45) is 0 Å². The minimum atomic E-state index is -0.158. The predicted octanol–water partition coefficient (Wildman–Crippen LogP) is 5.26. The highest BCUT2D eigenvalue weighted by atomic mass is 32.2. The van der Waals surface area contributed by atoms with Gasteiger partial charge in [-0.2, -0.15) is 0 Å². The lowest BCUT2D eigenvalue weighted by molar-refractivity contribution is -0.119. The quantitative estimate of drug-likeness (QED) is 0.655. The molecule has 3 rings (SSSR count). The van der Waals surface area contributed by atoms with Gasteiger partial charge >= 0.3 is 0 Å². The van der Waals surface area contributed by atoms with Crippen molar-refractivity contribution in [2.45, 2.75) is 55.9 Å². The lowest BCUT2D eigenvalue weighted by Gasteiger charge is -2.21. The van der Waals surface area contributed by atoms with E-state index < -0.39 is 0 Å². The van der Waals surface area contributed by atoms with E-state index in [4.69, 9.17) is 0 Å². The van der Waals surface area contributed by atoms with Crippen LogP contribution in [0.3, 0.4) is 0 Å². The van der Waals surface area contributed by atoms with Crippen molar-refractivity contribution in [3.63, 3.8) is 0 Å². The predicted molar refractivity (Wildman–Crippen MR) is 116 cm³/mol. The molecule has 2 aromatic carbocycles. The lowest BCUT2D eigenvalue weighted by Crippen LogP contribution is -2.36. The highest BCUT2D eigenvalue weighted by Gasteiger charge is 2.16. The Labute approximate surface area is 171 Å². The normalized spacial score (nSPS) is 15.3. The molecular weight excluding hydrogens is 368 g/mol. The van der Waals surface area contributed by atoms with Crippen LogP contribution in [-0.2, 0) is 4.79 Å². The number of carbonyl (C=O) groups excluding carboxylic acids is 2. The van der Waals surface area contributed by atoms with Crippen LogP contribution < -0.4 is 10.6 Å². The van der Waals surface area contributed by atoms with Gasteiger partial charge in [-0.05, 0) is 37.1 Å². The number of amides is 2. The Morgan fingerprint density at radius 2 is 1.50 bits per heavy atom. The van der Waals surface area contributed by atoms with Crippen LogP contribution in [0, 0.1) is 0 Å². The molecule has 2 aromatic rings. The SMILES string of the molecule is O=C(CSc1ccccc1C(=O)Nc1ccccc1)NC1CCCCCCC1. The summed E-state index contributed by atoms with van der Waals surface area (Å²) in [5, 5.41) is 6.10. The Bertz CT molecular complexity index is 771. The highest BCUT2D eigenvalue weighted by Crippen LogP contribution is 2.24. The number of carbonyl (C=O) groups is 2. The van der Waals surface area contributed by atoms with Crippen molar-refractivity contribution in [3.05, 3.63) is 60.2 Å². The number of hydrogen-bond acceptors (Lipinski definition) is 3. The molecule has 1 saturated carbocycles. The number of nitrogens with one attached hydrogen (secondary N) is 2. The van der Waals surface area contributed by atoms with Gasteiger partial charge in [0.25, 0.3) is 5.91 Å². The number of para-hydroxylation sites is 1. The summed E-state index contributed by atoms with van der Waals surface area (Å²) in [6.45, 7) is 0. The molecule has 0 heterocycles. The lowest BCUT2D eigenvalue weighted by atomic mass is 9.97. The molecule has 0 spiro atoms. The summed E-state index contributed by atoms with van der Waals surface area (Å²) in [7, 11) is 0. The van der Waals surface area contributed by atoms with Crippen LogP contribution in [0.2, 0.25) is 0 Å². The summed E-state index contributed by atoms with van der Waals surface area (Å²) in [5.74, 6) is 0.218. The first kappa shape index (κ1) is 20.5. The zero-order valence-corrected chi connectivity index (χ0v) is 17.0. The summed E-state index contributed by atoms with van der Waals surface area (Å²) in [4.78, 5) is 25.9. The zero-order valence-electron chi connectivity index (χ0n) is 16.2. The molecule has 4 nitrogen and oxygen atoms in total. The number of benzene rings is 2. The third-order valence-corrected chi connectivity index (χ3v) is 6.07. The monoisotopic (exact) mass is 396 g/mol. The summed E-state index contributed by atoms with van der Waals surface area (Å²) in [6.07, 6.45) is 8.40. The maximum absolute atomic E-state index is 12.6. The number of rotatable bonds is 6. The van der Waals surface area contributed by atoms with Crippen LogP contribution >= 0.6 is 11.8 Å². The fraction of sp³-hybridized carbons (Fsp3) is 0.391. The van der Waals surface area contributed by atoms with Gasteiger partial charge in [-0.15, -0.1) is 11.8 Å². The van der Waals surface area contributed by atoms with E-state index in [1.807, 2.05) is 48.5 Å². The van der Waals surface area contributed by atoms with Crippen LogP contribution in [0.15, 0.2) is 59.5 Å². The molecule has 148 valence electrons. The van der Waals surface area contributed by atoms with Gasteiger partial charge in [-0.3, -0.25) is 9.59 Å². The van der Waals surface area contributed by atoms with Gasteiger partial charge in [-0.25, -0.2) is 0 Å². The van der Waals surface area contributed by atoms with Crippen LogP contribution in [0.1, 0.15) is 55.3 Å². The van der Waals surface area contributed by atoms with Gasteiger partial charge in [0, 0.05) is 16.6 Å². The minimum Gasteiger partial charge on any atom is -0.353 e. The Kier molecular flexibility index (Phi) is 7.97. The Hall–Kier alpha value is -2.27. The summed E-state index contributed by atoms with van der Waals surface area (Å²) in [5.41, 5.74) is 1.35. The molecule has 1 fully saturated rings. The second-order valence-corrected chi connectivity index (χ2v) is 8.23. The largest absolute Gasteiger partial charge is 0.353 e. The third kappa shape index (κ3) is 6.41. The molecule has 0 aromatic heterocycles. The average Bonchev–Trinajstić information content (AvgIpc) is 2.69. The maximum atomic E-state index is 12.6. The molecule has 5 heteroatoms. The first-order chi connectivity index (χ1) is 13.7. The first-order valence-corrected chi connectivity index (χ1v) is 11.1. The van der Waals surface area contributed by atoms with E-state index in [1.54, 1.807) is 6.07 Å². The van der Waals surface area contributed by atoms with Crippen LogP contribution in [0.5, 0.6) is 0 Å². The van der Waals surface area contributed by atoms with Gasteiger partial charge in [0.15, 0.2) is 0 Å². The summed E-state index contributed by atoms with van der Waals surface area (Å²) in [6, 6.07) is 17.1. The van der Waals surface area contributed by atoms with Crippen LogP contribution in [0.25, 0.3) is 0 Å². The molecule has 1 aliphatic rings. The van der Waals surface area contributed by atoms with Crippen molar-refractivity contribution in [1.82, 2.24) is 5.32 Å². The molecule has 1 aliphatic carbocycles. The van der Waals surface area contributed by atoms with Gasteiger partial charge in [-0.1, -0.05) is 62.4 Å². The molecule has 0 unspecified atom stereocenters. The molecule has 0 bridgehead atoms. The van der Waals surface area contributed by atoms with Crippen molar-refractivity contribution >= 4 is 29.3 Å². The van der Waals surface area contributed by atoms with Crippen LogP contribution in [0.4, 0.5) is 5.69 Å². The second-order valence-electron chi connectivity index (χ2n) is 7.21. The number of anilines is 1. The average molecular weight is 397 g/mol. The Morgan fingerprint density at radius 3 is 2.25 bits per heavy atom. The van der Waals surface area contributed by atoms with Gasteiger partial charge in [0.1, 0.15) is 0 Å². The topological polar surface area (TPSA) is 58.2 Å². The van der Waals surface area contributed by atoms with E-state index in [2.05, 4.69) is 10.6 Å². The van der Waals surface area contributed by atoms with E-state index in [1.165, 1.54) is 43.9 Å². The Morgan fingerprint density at radius 1 is 0.857 bits per heavy atom. The van der Waals surface area contributed by atoms with Gasteiger partial charge in [0.2, 0.25) is 5.91 Å². The number of thioether (sulfide) groups is 1. The van der Waals surface area contributed by atoms with E-state index in [9.17, 15) is 9.59 Å². The highest BCUT2D eigenvalue weighted by molar-refractivity contribution is 8.00. The van der Waals surface area contributed by atoms with E-state index in [0.29, 0.717) is 17.4 Å². The zero-order chi connectivity index (χ0) is 19.6. The molecule has 0 aliphatic heterocycles. The second kappa shape index (κ2) is 10.9. The maximum Gasteiger partial charge on any atom is 0.256 e. The molecule has 28 heavy (non-hydrogen) atoms. The standard InChI is InChI=1S/C23H28N2O2S/c26-22(24-18-11-5-2-1-3-6-12-18)17-28-21-16-10-9-15-20(21)23(27)25-19-13-7-4-8-14-19/h4,7-10,13-16,18H,1-3,5-6,11-12,17H2,(H,24,26)(H,25,27). The van der Waals surface area contributed by atoms with Gasteiger partial charge in [0.05, 0.1) is 11.3 Å². The molecule has 0 radical (unpaired) electrons. The molecule has 2 amide bonds. The molecule has 0 saturated heterocycles. The molecule has 0 atom stereocenters. The summed E-state index contributed by atoms with van der Waals surface area (Å²) < 4.78 is 0. The van der Waals surface area contributed by atoms with Crippen molar-refractivity contribution < 1.29 is 9.59 Å². The van der Waals surface area contributed by atoms with E-state index in [0.717, 1.165) is 23.4 Å². The van der Waals surface area contributed by atoms with Crippen molar-refractivity contribution in [3.8, 4) is 0 Å². The fourth-order valence-electron chi connectivity index (χ4n) is 3.51. The van der Waals surface area contributed by atoms with Crippen molar-refractivity contribution in [2.75, 3.05) is 11.1 Å². The van der Waals surface area contributed by atoms with Crippen LogP contribution in [-0.4, -0.2) is 23.6 Å². The first-order valence-electron chi connectivity index (χ1n) is 10.1. The Balaban J connectivity index is 1.55. The smallest absolute Gasteiger partial charge is 0.256 e. The van der Waals surface area contributed by atoms with Gasteiger partial charge < -0.3 is 10.6 Å². The van der Waals surface area contributed by atoms with E-state index in [-0.39, 0.29) is 11.8 Å². The fourth-order valence-corrected chi connectivity index (χ4v) is 4.37. The van der Waals surface area contributed by atoms with E-state index >= 15 is 0 Å². The third-order valence-electron chi connectivity index (χ3n) is 4.99. The molecule has 2 N–H and O–H groups in total. The number of hydrogen-bond donors (Lipinski definition) is 2.